The van der Waals surface area contributed by atoms with Crippen LogP contribution in [0.15, 0.2) is 60.7 Å². The Morgan fingerprint density at radius 2 is 1.67 bits per heavy atom. The summed E-state index contributed by atoms with van der Waals surface area (Å²) in [6, 6.07) is 18.4. The lowest BCUT2D eigenvalue weighted by Crippen LogP contribution is -2.36. The number of hydrogen-bond acceptors (Lipinski definition) is 3. The molecule has 1 saturated heterocycles. The maximum Gasteiger partial charge on any atom is 0.308 e. The quantitative estimate of drug-likeness (QED) is 0.918. The van der Waals surface area contributed by atoms with Gasteiger partial charge in [0.05, 0.1) is 5.92 Å². The van der Waals surface area contributed by atoms with Gasteiger partial charge in [0, 0.05) is 18.7 Å². The number of carbonyl (C=O) groups excluding carboxylic acids is 1. The number of aliphatic carboxylic acids is 1. The van der Waals surface area contributed by atoms with Crippen LogP contribution in [0.4, 0.5) is 0 Å². The molecule has 2 aromatic rings. The number of carboxylic acid groups (broad SMARTS) is 1. The summed E-state index contributed by atoms with van der Waals surface area (Å²) in [5.41, 5.74) is 0.755. The van der Waals surface area contributed by atoms with Crippen LogP contribution in [-0.4, -0.2) is 35.0 Å². The van der Waals surface area contributed by atoms with Crippen molar-refractivity contribution in [2.75, 3.05) is 13.1 Å². The molecule has 0 bridgehead atoms. The molecule has 1 aliphatic rings. The Kier molecular flexibility index (Phi) is 4.79. The molecule has 0 aromatic heterocycles. The molecule has 1 N–H and O–H groups in total. The summed E-state index contributed by atoms with van der Waals surface area (Å²) in [5, 5.41) is 9.13. The van der Waals surface area contributed by atoms with E-state index in [0.29, 0.717) is 18.7 Å². The molecule has 5 nitrogen and oxygen atoms in total. The maximum absolute atomic E-state index is 12.9. The van der Waals surface area contributed by atoms with Crippen LogP contribution in [0.25, 0.3) is 0 Å². The van der Waals surface area contributed by atoms with Gasteiger partial charge in [-0.2, -0.15) is 0 Å². The van der Waals surface area contributed by atoms with E-state index < -0.39 is 18.0 Å². The summed E-state index contributed by atoms with van der Waals surface area (Å²) in [6.07, 6.45) is -0.297. The predicted octanol–water partition coefficient (Wildman–Crippen LogP) is 2.74. The van der Waals surface area contributed by atoms with Gasteiger partial charge in [-0.1, -0.05) is 48.5 Å². The average Bonchev–Trinajstić information content (AvgIpc) is 3.11. The molecule has 2 aromatic carbocycles. The van der Waals surface area contributed by atoms with Crippen molar-refractivity contribution >= 4 is 11.9 Å². The standard InChI is InChI=1S/C19H19NO4/c21-18(20-12-11-15(13-20)19(22)23)17(14-7-3-1-4-8-14)24-16-9-5-2-6-10-16/h1-10,15,17H,11-13H2,(H,22,23)/t15-,17+/m0/s1. The molecule has 1 fully saturated rings. The van der Waals surface area contributed by atoms with Crippen molar-refractivity contribution < 1.29 is 19.4 Å². The molecule has 5 heteroatoms. The van der Waals surface area contributed by atoms with Crippen LogP contribution in [0.1, 0.15) is 18.1 Å². The molecule has 0 aliphatic carbocycles. The fourth-order valence-electron chi connectivity index (χ4n) is 2.85. The van der Waals surface area contributed by atoms with E-state index in [-0.39, 0.29) is 12.5 Å². The van der Waals surface area contributed by atoms with Crippen molar-refractivity contribution in [3.05, 3.63) is 66.2 Å². The third-order valence-corrected chi connectivity index (χ3v) is 4.17. The normalized spacial score (nSPS) is 18.2. The Morgan fingerprint density at radius 1 is 1.04 bits per heavy atom. The highest BCUT2D eigenvalue weighted by atomic mass is 16.5. The van der Waals surface area contributed by atoms with Gasteiger partial charge in [0.15, 0.2) is 0 Å². The zero-order valence-electron chi connectivity index (χ0n) is 13.2. The van der Waals surface area contributed by atoms with E-state index in [1.165, 1.54) is 0 Å². The first kappa shape index (κ1) is 16.1. The van der Waals surface area contributed by atoms with Gasteiger partial charge in [0.2, 0.25) is 6.10 Å². The molecule has 2 atom stereocenters. The van der Waals surface area contributed by atoms with E-state index in [0.717, 1.165) is 5.56 Å². The SMILES string of the molecule is O=C(O)[C@H]1CCN(C(=O)[C@H](Oc2ccccc2)c2ccccc2)C1. The molecular formula is C19H19NO4. The van der Waals surface area contributed by atoms with E-state index in [9.17, 15) is 9.59 Å². The minimum Gasteiger partial charge on any atom is -0.481 e. The summed E-state index contributed by atoms with van der Waals surface area (Å²) >= 11 is 0. The van der Waals surface area contributed by atoms with Crippen molar-refractivity contribution in [2.45, 2.75) is 12.5 Å². The minimum absolute atomic E-state index is 0.200. The second kappa shape index (κ2) is 7.17. The highest BCUT2D eigenvalue weighted by Gasteiger charge is 2.35. The Hall–Kier alpha value is -2.82. The monoisotopic (exact) mass is 325 g/mol. The van der Waals surface area contributed by atoms with E-state index in [2.05, 4.69) is 0 Å². The summed E-state index contributed by atoms with van der Waals surface area (Å²) in [7, 11) is 0. The molecule has 3 rings (SSSR count). The number of para-hydroxylation sites is 1. The Bertz CT molecular complexity index is 702. The zero-order chi connectivity index (χ0) is 16.9. The molecule has 0 spiro atoms. The molecule has 1 amide bonds. The van der Waals surface area contributed by atoms with Gasteiger partial charge in [0.25, 0.3) is 5.91 Å². The minimum atomic E-state index is -0.856. The third kappa shape index (κ3) is 3.56. The fourth-order valence-corrected chi connectivity index (χ4v) is 2.85. The zero-order valence-corrected chi connectivity index (χ0v) is 13.2. The number of amides is 1. The van der Waals surface area contributed by atoms with Crippen LogP contribution < -0.4 is 4.74 Å². The number of ether oxygens (including phenoxy) is 1. The van der Waals surface area contributed by atoms with Gasteiger partial charge in [-0.25, -0.2) is 0 Å². The van der Waals surface area contributed by atoms with Gasteiger partial charge in [-0.05, 0) is 18.6 Å². The third-order valence-electron chi connectivity index (χ3n) is 4.17. The Balaban J connectivity index is 1.82. The molecule has 1 aliphatic heterocycles. The smallest absolute Gasteiger partial charge is 0.308 e. The van der Waals surface area contributed by atoms with Crippen LogP contribution >= 0.6 is 0 Å². The first-order valence-corrected chi connectivity index (χ1v) is 7.93. The van der Waals surface area contributed by atoms with Gasteiger partial charge in [0.1, 0.15) is 5.75 Å². The summed E-state index contributed by atoms with van der Waals surface area (Å²) in [5.74, 6) is -0.949. The highest BCUT2D eigenvalue weighted by molar-refractivity contribution is 5.84. The van der Waals surface area contributed by atoms with Crippen LogP contribution in [-0.2, 0) is 9.59 Å². The Morgan fingerprint density at radius 3 is 2.25 bits per heavy atom. The van der Waals surface area contributed by atoms with Gasteiger partial charge in [-0.3, -0.25) is 9.59 Å². The lowest BCUT2D eigenvalue weighted by atomic mass is 10.1. The molecule has 0 saturated carbocycles. The molecule has 0 unspecified atom stereocenters. The maximum atomic E-state index is 12.9. The molecule has 1 heterocycles. The first-order chi connectivity index (χ1) is 11.6. The van der Waals surface area contributed by atoms with E-state index in [1.54, 1.807) is 17.0 Å². The lowest BCUT2D eigenvalue weighted by molar-refractivity contribution is -0.142. The first-order valence-electron chi connectivity index (χ1n) is 7.93. The van der Waals surface area contributed by atoms with Gasteiger partial charge < -0.3 is 14.7 Å². The van der Waals surface area contributed by atoms with Crippen molar-refractivity contribution in [3.8, 4) is 5.75 Å². The van der Waals surface area contributed by atoms with Gasteiger partial charge in [-0.15, -0.1) is 0 Å². The van der Waals surface area contributed by atoms with Crippen molar-refractivity contribution in [2.24, 2.45) is 5.92 Å². The Labute approximate surface area is 140 Å². The summed E-state index contributed by atoms with van der Waals surface area (Å²) in [4.78, 5) is 25.6. The number of rotatable bonds is 5. The van der Waals surface area contributed by atoms with E-state index in [1.807, 2.05) is 48.5 Å². The van der Waals surface area contributed by atoms with Gasteiger partial charge >= 0.3 is 5.97 Å². The van der Waals surface area contributed by atoms with E-state index in [4.69, 9.17) is 9.84 Å². The fraction of sp³-hybridized carbons (Fsp3) is 0.263. The van der Waals surface area contributed by atoms with Crippen molar-refractivity contribution in [3.63, 3.8) is 0 Å². The van der Waals surface area contributed by atoms with Crippen LogP contribution in [0.5, 0.6) is 5.75 Å². The second-order valence-corrected chi connectivity index (χ2v) is 5.83. The largest absolute Gasteiger partial charge is 0.481 e. The number of likely N-dealkylation sites (tertiary alicyclic amines) is 1. The topological polar surface area (TPSA) is 66.8 Å². The van der Waals surface area contributed by atoms with Crippen LogP contribution in [0.3, 0.4) is 0 Å². The molecule has 24 heavy (non-hydrogen) atoms. The second-order valence-electron chi connectivity index (χ2n) is 5.83. The number of benzene rings is 2. The number of nitrogens with zero attached hydrogens (tertiary/aromatic N) is 1. The predicted molar refractivity (Wildman–Crippen MR) is 88.6 cm³/mol. The van der Waals surface area contributed by atoms with Crippen LogP contribution in [0, 0.1) is 5.92 Å². The van der Waals surface area contributed by atoms with Crippen molar-refractivity contribution in [1.29, 1.82) is 0 Å². The number of carboxylic acids is 1. The number of carbonyl (C=O) groups is 2. The van der Waals surface area contributed by atoms with Crippen molar-refractivity contribution in [1.82, 2.24) is 4.90 Å². The average molecular weight is 325 g/mol. The summed E-state index contributed by atoms with van der Waals surface area (Å²) < 4.78 is 5.93. The molecule has 0 radical (unpaired) electrons. The molecule has 124 valence electrons. The number of hydrogen-bond donors (Lipinski definition) is 1. The molecular weight excluding hydrogens is 306 g/mol. The highest BCUT2D eigenvalue weighted by Crippen LogP contribution is 2.27. The van der Waals surface area contributed by atoms with E-state index >= 15 is 0 Å². The lowest BCUT2D eigenvalue weighted by Gasteiger charge is -2.24. The summed E-state index contributed by atoms with van der Waals surface area (Å²) in [6.45, 7) is 0.674. The van der Waals surface area contributed by atoms with Crippen LogP contribution in [0.2, 0.25) is 0 Å².